The smallest absolute Gasteiger partial charge is 0.286 e. The number of nitrogens with two attached hydrogens (primary N) is 1. The van der Waals surface area contributed by atoms with Gasteiger partial charge in [-0.1, -0.05) is 11.8 Å². The molecule has 5 atom stereocenters. The van der Waals surface area contributed by atoms with Gasteiger partial charge in [-0.25, -0.2) is 9.97 Å². The lowest BCUT2D eigenvalue weighted by Gasteiger charge is -2.25. The van der Waals surface area contributed by atoms with Crippen LogP contribution in [0.4, 0.5) is 16.3 Å². The highest BCUT2D eigenvalue weighted by molar-refractivity contribution is 8.26. The highest BCUT2D eigenvalue weighted by atomic mass is 32.2. The molecule has 2 aliphatic rings. The van der Waals surface area contributed by atoms with Crippen molar-refractivity contribution in [3.63, 3.8) is 0 Å². The zero-order valence-corrected chi connectivity index (χ0v) is 21.8. The number of nitro benzene ring substituents is 1. The second-order valence-corrected chi connectivity index (χ2v) is 10.3. The van der Waals surface area contributed by atoms with E-state index in [1.165, 1.54) is 12.4 Å². The first-order valence-corrected chi connectivity index (χ1v) is 12.9. The largest absolute Gasteiger partial charge is 0.390 e. The van der Waals surface area contributed by atoms with Crippen LogP contribution < -0.4 is 16.4 Å². The van der Waals surface area contributed by atoms with Gasteiger partial charge < -0.3 is 25.5 Å². The lowest BCUT2D eigenvalue weighted by Crippen LogP contribution is -2.49. The molecule has 2 aliphatic heterocycles. The van der Waals surface area contributed by atoms with Gasteiger partial charge in [0.2, 0.25) is 5.12 Å². The Bertz CT molecular complexity index is 1540. The minimum atomic E-state index is -0.667. The monoisotopic (exact) mass is 551 g/mol. The van der Waals surface area contributed by atoms with Gasteiger partial charge in [0.05, 0.1) is 34.1 Å². The summed E-state index contributed by atoms with van der Waals surface area (Å²) < 4.78 is 7.63. The van der Waals surface area contributed by atoms with Gasteiger partial charge in [-0.3, -0.25) is 25.0 Å². The highest BCUT2D eigenvalue weighted by Crippen LogP contribution is 2.34. The number of benzene rings is 1. The molecule has 2 fully saturated rings. The van der Waals surface area contributed by atoms with Crippen LogP contribution in [0.5, 0.6) is 0 Å². The fraction of sp³-hybridized carbons (Fsp3) is 0.360. The summed E-state index contributed by atoms with van der Waals surface area (Å²) in [6.07, 6.45) is 2.02. The second kappa shape index (κ2) is 10.6. The van der Waals surface area contributed by atoms with Crippen LogP contribution in [0.2, 0.25) is 0 Å². The van der Waals surface area contributed by atoms with Crippen molar-refractivity contribution < 1.29 is 24.4 Å². The predicted molar refractivity (Wildman–Crippen MR) is 143 cm³/mol. The Morgan fingerprint density at radius 1 is 1.36 bits per heavy atom. The molecular formula is C25H25N7O6S. The molecular weight excluding hydrogens is 526 g/mol. The fourth-order valence-electron chi connectivity index (χ4n) is 4.67. The van der Waals surface area contributed by atoms with Crippen LogP contribution in [0.15, 0.2) is 30.7 Å². The number of nitrogens with one attached hydrogen (secondary N) is 2. The lowest BCUT2D eigenvalue weighted by atomic mass is 10.0. The van der Waals surface area contributed by atoms with Gasteiger partial charge in [0, 0.05) is 54.2 Å². The average Bonchev–Trinajstić information content (AvgIpc) is 3.44. The Labute approximate surface area is 226 Å². The minimum absolute atomic E-state index is 0.108. The number of hydrogen-bond acceptors (Lipinski definition) is 11. The molecule has 5 rings (SSSR count). The molecule has 0 saturated carbocycles. The second-order valence-electron chi connectivity index (χ2n) is 9.32. The number of aliphatic hydroxyl groups excluding tert-OH is 1. The van der Waals surface area contributed by atoms with Gasteiger partial charge in [0.25, 0.3) is 10.9 Å². The van der Waals surface area contributed by atoms with E-state index in [4.69, 9.17) is 10.5 Å². The maximum Gasteiger partial charge on any atom is 0.286 e. The van der Waals surface area contributed by atoms with E-state index in [0.29, 0.717) is 45.9 Å². The van der Waals surface area contributed by atoms with Gasteiger partial charge >= 0.3 is 0 Å². The van der Waals surface area contributed by atoms with Gasteiger partial charge in [0.1, 0.15) is 24.0 Å². The molecule has 3 aromatic rings. The van der Waals surface area contributed by atoms with E-state index >= 15 is 0 Å². The van der Waals surface area contributed by atoms with E-state index in [1.54, 1.807) is 36.7 Å². The minimum Gasteiger partial charge on any atom is -0.390 e. The van der Waals surface area contributed by atoms with Crippen molar-refractivity contribution in [2.45, 2.75) is 50.8 Å². The fourth-order valence-corrected chi connectivity index (χ4v) is 5.30. The number of ether oxygens (including phenoxy) is 1. The number of rotatable bonds is 5. The molecule has 5 N–H and O–H groups in total. The number of nitrogen functional groups attached to an aromatic ring is 1. The third kappa shape index (κ3) is 5.30. The van der Waals surface area contributed by atoms with Crippen LogP contribution in [0.3, 0.4) is 0 Å². The normalized spacial score (nSPS) is 23.8. The molecule has 0 radical (unpaired) electrons. The van der Waals surface area contributed by atoms with Gasteiger partial charge in [-0.15, -0.1) is 0 Å². The maximum atomic E-state index is 12.1. The lowest BCUT2D eigenvalue weighted by molar-refractivity contribution is -0.385. The Kier molecular flexibility index (Phi) is 7.23. The number of nitro groups is 1. The Hall–Kier alpha value is -4.03. The first-order chi connectivity index (χ1) is 18.6. The summed E-state index contributed by atoms with van der Waals surface area (Å²) in [6, 6.07) is 3.41. The van der Waals surface area contributed by atoms with Crippen LogP contribution in [0, 0.1) is 22.0 Å². The van der Waals surface area contributed by atoms with Crippen molar-refractivity contribution in [3.8, 4) is 11.8 Å². The number of fused-ring (bicyclic) bond motifs is 1. The summed E-state index contributed by atoms with van der Waals surface area (Å²) in [4.78, 5) is 43.3. The molecule has 1 aromatic carbocycles. The van der Waals surface area contributed by atoms with Crippen LogP contribution in [0.25, 0.3) is 11.0 Å². The number of carbonyl (C=O) groups excluding carboxylic acids is 2. The molecule has 1 amide bonds. The SMILES string of the molecule is CC(NC1CNC(=O)SC1=O)c1ccc(C#Cc2cn([C@H]3C[C@H](O)[C@@H](C)O3)c3ncnc(N)c23)cc1[N+](=O)[O-]. The molecule has 0 aliphatic carbocycles. The summed E-state index contributed by atoms with van der Waals surface area (Å²) in [7, 11) is 0. The van der Waals surface area contributed by atoms with Gasteiger partial charge in [-0.2, -0.15) is 0 Å². The zero-order valence-electron chi connectivity index (χ0n) is 21.0. The summed E-state index contributed by atoms with van der Waals surface area (Å²) in [5, 5.41) is 27.5. The van der Waals surface area contributed by atoms with Crippen molar-refractivity contribution in [1.29, 1.82) is 0 Å². The van der Waals surface area contributed by atoms with E-state index in [-0.39, 0.29) is 29.3 Å². The predicted octanol–water partition coefficient (Wildman–Crippen LogP) is 1.99. The Balaban J connectivity index is 1.44. The molecule has 13 nitrogen and oxygen atoms in total. The summed E-state index contributed by atoms with van der Waals surface area (Å²) in [5.74, 6) is 6.21. The number of aliphatic hydroxyl groups is 1. The summed E-state index contributed by atoms with van der Waals surface area (Å²) in [6.45, 7) is 3.61. The van der Waals surface area contributed by atoms with Crippen molar-refractivity contribution in [1.82, 2.24) is 25.2 Å². The van der Waals surface area contributed by atoms with E-state index < -0.39 is 34.6 Å². The van der Waals surface area contributed by atoms with E-state index in [2.05, 4.69) is 32.4 Å². The number of aromatic nitrogens is 3. The first-order valence-electron chi connectivity index (χ1n) is 12.1. The van der Waals surface area contributed by atoms with Crippen molar-refractivity contribution in [3.05, 3.63) is 57.5 Å². The van der Waals surface area contributed by atoms with E-state index in [0.717, 1.165) is 0 Å². The topological polar surface area (TPSA) is 188 Å². The zero-order chi connectivity index (χ0) is 27.8. The molecule has 2 saturated heterocycles. The Morgan fingerprint density at radius 2 is 2.15 bits per heavy atom. The number of amides is 1. The summed E-state index contributed by atoms with van der Waals surface area (Å²) in [5.41, 5.74) is 7.77. The molecule has 4 heterocycles. The number of anilines is 1. The average molecular weight is 552 g/mol. The highest BCUT2D eigenvalue weighted by Gasteiger charge is 2.33. The van der Waals surface area contributed by atoms with Crippen molar-refractivity contribution >= 4 is 44.7 Å². The summed E-state index contributed by atoms with van der Waals surface area (Å²) >= 11 is 0.572. The molecule has 2 unspecified atom stereocenters. The number of thioether (sulfide) groups is 1. The molecule has 0 bridgehead atoms. The van der Waals surface area contributed by atoms with Crippen molar-refractivity contribution in [2.24, 2.45) is 0 Å². The van der Waals surface area contributed by atoms with Crippen LogP contribution in [-0.2, 0) is 9.53 Å². The van der Waals surface area contributed by atoms with Gasteiger partial charge in [0.15, 0.2) is 0 Å². The Morgan fingerprint density at radius 3 is 2.85 bits per heavy atom. The molecule has 2 aromatic heterocycles. The van der Waals surface area contributed by atoms with Crippen LogP contribution in [-0.4, -0.2) is 59.7 Å². The van der Waals surface area contributed by atoms with Crippen molar-refractivity contribution in [2.75, 3.05) is 12.3 Å². The molecule has 202 valence electrons. The quantitative estimate of drug-likeness (QED) is 0.206. The maximum absolute atomic E-state index is 12.1. The number of carbonyl (C=O) groups is 2. The number of hydrogen-bond donors (Lipinski definition) is 4. The molecule has 0 spiro atoms. The third-order valence-electron chi connectivity index (χ3n) is 6.72. The van der Waals surface area contributed by atoms with E-state index in [1.807, 2.05) is 0 Å². The third-order valence-corrected chi connectivity index (χ3v) is 7.54. The van der Waals surface area contributed by atoms with Gasteiger partial charge in [-0.05, 0) is 26.0 Å². The van der Waals surface area contributed by atoms with Crippen LogP contribution >= 0.6 is 11.8 Å². The standard InChI is InChI=1S/C25H25N7O6S/c1-12(30-17-9-27-25(35)39-24(17)34)16-6-4-14(7-18(16)32(36)37)3-5-15-10-31(20-8-19(33)13(2)38-20)23-21(15)22(26)28-11-29-23/h4,6-7,10-13,17,19-20,30,33H,8-9H2,1-2H3,(H,27,35)(H2,26,28,29)/t12?,13-,17?,19+,20-/m1/s1. The molecule has 14 heteroatoms. The van der Waals surface area contributed by atoms with E-state index in [9.17, 15) is 24.8 Å². The molecule has 39 heavy (non-hydrogen) atoms. The first kappa shape index (κ1) is 26.6. The number of nitrogens with zero attached hydrogens (tertiary/aromatic N) is 4. The van der Waals surface area contributed by atoms with Crippen LogP contribution in [0.1, 0.15) is 49.2 Å².